The molecule has 3 aromatic rings. The van der Waals surface area contributed by atoms with Crippen LogP contribution in [0.25, 0.3) is 0 Å². The first-order valence-electron chi connectivity index (χ1n) is 12.5. The van der Waals surface area contributed by atoms with E-state index < -0.39 is 0 Å². The number of carbonyl (C=O) groups is 2. The minimum atomic E-state index is -0.326. The molecular weight excluding hydrogens is 450 g/mol. The first kappa shape index (κ1) is 25.1. The van der Waals surface area contributed by atoms with Crippen molar-refractivity contribution in [3.05, 3.63) is 89.2 Å². The van der Waals surface area contributed by atoms with E-state index in [2.05, 4.69) is 66.3 Å². The third kappa shape index (κ3) is 5.44. The molecule has 186 valence electrons. The number of urea groups is 1. The van der Waals surface area contributed by atoms with Crippen molar-refractivity contribution in [3.63, 3.8) is 0 Å². The van der Waals surface area contributed by atoms with Crippen molar-refractivity contribution in [1.29, 1.82) is 5.26 Å². The van der Waals surface area contributed by atoms with Gasteiger partial charge in [-0.05, 0) is 59.9 Å². The molecule has 3 amide bonds. The van der Waals surface area contributed by atoms with Crippen LogP contribution in [0.5, 0.6) is 0 Å². The van der Waals surface area contributed by atoms with Crippen LogP contribution in [0.15, 0.2) is 66.9 Å². The lowest BCUT2D eigenvalue weighted by atomic mass is 9.95. The Kier molecular flexibility index (Phi) is 7.74. The molecule has 0 radical (unpaired) electrons. The van der Waals surface area contributed by atoms with Gasteiger partial charge in [-0.15, -0.1) is 0 Å². The summed E-state index contributed by atoms with van der Waals surface area (Å²) in [6.07, 6.45) is 2.79. The first-order valence-corrected chi connectivity index (χ1v) is 12.5. The largest absolute Gasteiger partial charge is 0.348 e. The number of rotatable bonds is 7. The van der Waals surface area contributed by atoms with Crippen LogP contribution in [0.1, 0.15) is 61.5 Å². The lowest BCUT2D eigenvalue weighted by Crippen LogP contribution is -2.48. The Labute approximate surface area is 212 Å². The summed E-state index contributed by atoms with van der Waals surface area (Å²) < 4.78 is 2.20. The van der Waals surface area contributed by atoms with Gasteiger partial charge in [-0.2, -0.15) is 5.26 Å². The minimum Gasteiger partial charge on any atom is -0.348 e. The Bertz CT molecular complexity index is 1240. The Morgan fingerprint density at radius 3 is 2.44 bits per heavy atom. The van der Waals surface area contributed by atoms with Crippen LogP contribution in [-0.4, -0.2) is 45.9 Å². The molecule has 2 aromatic carbocycles. The molecule has 7 nitrogen and oxygen atoms in total. The summed E-state index contributed by atoms with van der Waals surface area (Å²) in [5.74, 6) is 0.355. The Morgan fingerprint density at radius 1 is 1.08 bits per heavy atom. The number of hydrogen-bond donors (Lipinski definition) is 1. The van der Waals surface area contributed by atoms with Crippen LogP contribution in [0.4, 0.5) is 10.5 Å². The van der Waals surface area contributed by atoms with Crippen molar-refractivity contribution in [2.45, 2.75) is 45.7 Å². The summed E-state index contributed by atoms with van der Waals surface area (Å²) in [4.78, 5) is 30.2. The molecule has 2 heterocycles. The van der Waals surface area contributed by atoms with Crippen LogP contribution in [-0.2, 0) is 11.3 Å². The van der Waals surface area contributed by atoms with Crippen molar-refractivity contribution in [2.24, 2.45) is 0 Å². The number of benzene rings is 2. The van der Waals surface area contributed by atoms with E-state index in [1.165, 1.54) is 5.56 Å². The molecule has 7 heteroatoms. The third-order valence-corrected chi connectivity index (χ3v) is 6.65. The van der Waals surface area contributed by atoms with Crippen LogP contribution in [0.3, 0.4) is 0 Å². The van der Waals surface area contributed by atoms with E-state index in [0.29, 0.717) is 30.3 Å². The summed E-state index contributed by atoms with van der Waals surface area (Å²) in [6, 6.07) is 20.8. The molecule has 0 saturated carbocycles. The molecule has 0 fully saturated rings. The minimum absolute atomic E-state index is 0.00274. The number of nitriles is 1. The van der Waals surface area contributed by atoms with Crippen LogP contribution in [0.2, 0.25) is 0 Å². The van der Waals surface area contributed by atoms with Crippen molar-refractivity contribution >= 4 is 17.6 Å². The van der Waals surface area contributed by atoms with Gasteiger partial charge in [0.05, 0.1) is 17.7 Å². The van der Waals surface area contributed by atoms with Crippen LogP contribution >= 0.6 is 0 Å². The van der Waals surface area contributed by atoms with E-state index in [1.54, 1.807) is 29.2 Å². The summed E-state index contributed by atoms with van der Waals surface area (Å²) in [5, 5.41) is 11.9. The third-order valence-electron chi connectivity index (χ3n) is 6.65. The fraction of sp³-hybridized carbons (Fsp3) is 0.345. The van der Waals surface area contributed by atoms with E-state index in [9.17, 15) is 9.59 Å². The van der Waals surface area contributed by atoms with Gasteiger partial charge in [0.15, 0.2) is 0 Å². The molecule has 0 spiro atoms. The standard InChI is InChI=1S/C29H33N5O2/c1-4-15-33(29(36)31-25-13-7-22(19-30)8-14-25)20-27(35)34-18-17-32-16-5-6-26(32)28(34)24-11-9-23(10-12-24)21(2)3/h5-14,16,21,28H,4,15,17-18,20H2,1-3H3,(H,31,36)/t28-/m0/s1. The average Bonchev–Trinajstić information content (AvgIpc) is 3.37. The van der Waals surface area contributed by atoms with Gasteiger partial charge >= 0.3 is 6.03 Å². The number of carbonyl (C=O) groups excluding carboxylic acids is 2. The Hall–Kier alpha value is -4.05. The molecule has 1 atom stereocenters. The predicted molar refractivity (Wildman–Crippen MR) is 141 cm³/mol. The van der Waals surface area contributed by atoms with Gasteiger partial charge in [-0.1, -0.05) is 45.0 Å². The predicted octanol–water partition coefficient (Wildman–Crippen LogP) is 5.36. The number of fused-ring (bicyclic) bond motifs is 1. The maximum absolute atomic E-state index is 13.7. The van der Waals surface area contributed by atoms with E-state index in [4.69, 9.17) is 5.26 Å². The van der Waals surface area contributed by atoms with Crippen molar-refractivity contribution in [3.8, 4) is 6.07 Å². The zero-order chi connectivity index (χ0) is 25.7. The smallest absolute Gasteiger partial charge is 0.322 e. The second-order valence-corrected chi connectivity index (χ2v) is 9.48. The summed E-state index contributed by atoms with van der Waals surface area (Å²) in [6.45, 7) is 8.08. The fourth-order valence-corrected chi connectivity index (χ4v) is 4.67. The lowest BCUT2D eigenvalue weighted by molar-refractivity contribution is -0.134. The molecule has 1 N–H and O–H groups in total. The number of anilines is 1. The van der Waals surface area contributed by atoms with Crippen LogP contribution < -0.4 is 5.32 Å². The average molecular weight is 484 g/mol. The fourth-order valence-electron chi connectivity index (χ4n) is 4.67. The zero-order valence-electron chi connectivity index (χ0n) is 21.1. The van der Waals surface area contributed by atoms with Gasteiger partial charge in [0.1, 0.15) is 6.54 Å². The van der Waals surface area contributed by atoms with Gasteiger partial charge in [0.25, 0.3) is 0 Å². The molecule has 0 unspecified atom stereocenters. The molecule has 0 aliphatic carbocycles. The SMILES string of the molecule is CCCN(CC(=O)N1CCn2cccc2[C@@H]1c1ccc(C(C)C)cc1)C(=O)Nc1ccc(C#N)cc1. The van der Waals surface area contributed by atoms with Crippen LogP contribution in [0, 0.1) is 11.3 Å². The van der Waals surface area contributed by atoms with Gasteiger partial charge in [-0.25, -0.2) is 4.79 Å². The van der Waals surface area contributed by atoms with Gasteiger partial charge in [-0.3, -0.25) is 4.79 Å². The van der Waals surface area contributed by atoms with E-state index in [-0.39, 0.29) is 24.5 Å². The maximum Gasteiger partial charge on any atom is 0.322 e. The molecule has 0 saturated heterocycles. The molecule has 1 aromatic heterocycles. The molecule has 4 rings (SSSR count). The van der Waals surface area contributed by atoms with E-state index in [0.717, 1.165) is 24.2 Å². The van der Waals surface area contributed by atoms with Gasteiger partial charge < -0.3 is 19.7 Å². The molecular formula is C29H33N5O2. The molecule has 0 bridgehead atoms. The normalized spacial score (nSPS) is 14.8. The first-order chi connectivity index (χ1) is 17.4. The summed E-state index contributed by atoms with van der Waals surface area (Å²) in [5.41, 5.74) is 4.52. The van der Waals surface area contributed by atoms with Crippen molar-refractivity contribution in [2.75, 3.05) is 25.0 Å². The van der Waals surface area contributed by atoms with Crippen molar-refractivity contribution < 1.29 is 9.59 Å². The highest BCUT2D eigenvalue weighted by Gasteiger charge is 2.33. The zero-order valence-corrected chi connectivity index (χ0v) is 21.1. The Balaban J connectivity index is 1.54. The number of amides is 3. The van der Waals surface area contributed by atoms with E-state index in [1.807, 2.05) is 17.9 Å². The molecule has 1 aliphatic heterocycles. The lowest BCUT2D eigenvalue weighted by Gasteiger charge is -2.38. The topological polar surface area (TPSA) is 81.4 Å². The highest BCUT2D eigenvalue weighted by Crippen LogP contribution is 2.33. The monoisotopic (exact) mass is 483 g/mol. The second kappa shape index (κ2) is 11.1. The molecule has 36 heavy (non-hydrogen) atoms. The number of nitrogens with zero attached hydrogens (tertiary/aromatic N) is 4. The van der Waals surface area contributed by atoms with Gasteiger partial charge in [0, 0.05) is 37.2 Å². The van der Waals surface area contributed by atoms with Gasteiger partial charge in [0.2, 0.25) is 5.91 Å². The van der Waals surface area contributed by atoms with Crippen molar-refractivity contribution in [1.82, 2.24) is 14.4 Å². The number of hydrogen-bond acceptors (Lipinski definition) is 3. The molecule has 1 aliphatic rings. The highest BCUT2D eigenvalue weighted by molar-refractivity contribution is 5.92. The summed E-state index contributed by atoms with van der Waals surface area (Å²) >= 11 is 0. The Morgan fingerprint density at radius 2 is 1.81 bits per heavy atom. The number of aromatic nitrogens is 1. The highest BCUT2D eigenvalue weighted by atomic mass is 16.2. The summed E-state index contributed by atoms with van der Waals surface area (Å²) in [7, 11) is 0. The second-order valence-electron chi connectivity index (χ2n) is 9.48. The number of nitrogens with one attached hydrogen (secondary N) is 1. The quantitative estimate of drug-likeness (QED) is 0.491. The van der Waals surface area contributed by atoms with E-state index >= 15 is 0 Å². The maximum atomic E-state index is 13.7.